The molecule has 2 aromatic rings. The van der Waals surface area contributed by atoms with Crippen LogP contribution in [0.5, 0.6) is 0 Å². The summed E-state index contributed by atoms with van der Waals surface area (Å²) in [6.45, 7) is 16.2. The zero-order valence-corrected chi connectivity index (χ0v) is 26.9. The predicted molar refractivity (Wildman–Crippen MR) is 163 cm³/mol. The molecule has 0 saturated carbocycles. The van der Waals surface area contributed by atoms with Crippen molar-refractivity contribution in [3.05, 3.63) is 12.7 Å². The number of hydrogen-bond donors (Lipinski definition) is 2. The number of nitrogen functional groups attached to an aromatic ring is 1. The van der Waals surface area contributed by atoms with Crippen LogP contribution in [0.25, 0.3) is 11.2 Å². The van der Waals surface area contributed by atoms with Gasteiger partial charge in [0.15, 0.2) is 11.5 Å². The fraction of sp³-hybridized carbons (Fsp3) is 0.750. The number of carbonyl (C=O) groups is 1. The minimum absolute atomic E-state index is 0.292. The maximum absolute atomic E-state index is 14.2. The molecule has 41 heavy (non-hydrogen) atoms. The van der Waals surface area contributed by atoms with Gasteiger partial charge < -0.3 is 24.4 Å². The highest BCUT2D eigenvalue weighted by atomic mass is 31.2. The van der Waals surface area contributed by atoms with Gasteiger partial charge in [-0.05, 0) is 51.9 Å². The Labute approximate surface area is 244 Å². The summed E-state index contributed by atoms with van der Waals surface area (Å²) in [6.07, 6.45) is 7.61. The Morgan fingerprint density at radius 2 is 1.78 bits per heavy atom. The van der Waals surface area contributed by atoms with Crippen LogP contribution in [0.1, 0.15) is 93.9 Å². The monoisotopic (exact) mass is 595 g/mol. The van der Waals surface area contributed by atoms with E-state index < -0.39 is 25.1 Å². The molecule has 0 unspecified atom stereocenters. The SMILES string of the molecule is CCCCCCOC(=O)C(C)(C)N[P@](=O)(CO[C@H](C)Cn1cnc2c(N)ncnc21)ON=C(CC(C)C)CC(C)C. The molecule has 2 aromatic heterocycles. The van der Waals surface area contributed by atoms with E-state index >= 15 is 0 Å². The van der Waals surface area contributed by atoms with Gasteiger partial charge in [0.25, 0.3) is 0 Å². The Balaban J connectivity index is 2.19. The lowest BCUT2D eigenvalue weighted by molar-refractivity contribution is -0.149. The molecule has 2 rings (SSSR count). The smallest absolute Gasteiger partial charge is 0.365 e. The van der Waals surface area contributed by atoms with E-state index in [9.17, 15) is 9.36 Å². The zero-order valence-electron chi connectivity index (χ0n) is 26.1. The second-order valence-electron chi connectivity index (χ2n) is 12.0. The second-order valence-corrected chi connectivity index (χ2v) is 14.0. The Kier molecular flexibility index (Phi) is 13.7. The second kappa shape index (κ2) is 16.2. The summed E-state index contributed by atoms with van der Waals surface area (Å²) in [4.78, 5) is 25.4. The molecule has 3 N–H and O–H groups in total. The lowest BCUT2D eigenvalue weighted by Crippen LogP contribution is -2.47. The number of nitrogens with two attached hydrogens (primary N) is 1. The molecule has 2 heterocycles. The molecule has 0 saturated heterocycles. The number of imidazole rings is 1. The lowest BCUT2D eigenvalue weighted by Gasteiger charge is -2.29. The maximum atomic E-state index is 14.2. The number of esters is 1. The van der Waals surface area contributed by atoms with Gasteiger partial charge in [-0.3, -0.25) is 9.36 Å². The fourth-order valence-electron chi connectivity index (χ4n) is 4.23. The van der Waals surface area contributed by atoms with Crippen molar-refractivity contribution in [2.24, 2.45) is 17.0 Å². The van der Waals surface area contributed by atoms with E-state index in [2.05, 4.69) is 59.8 Å². The van der Waals surface area contributed by atoms with Crippen molar-refractivity contribution < 1.29 is 23.5 Å². The van der Waals surface area contributed by atoms with Crippen LogP contribution in [-0.4, -0.2) is 55.8 Å². The third kappa shape index (κ3) is 11.7. The van der Waals surface area contributed by atoms with Gasteiger partial charge in [-0.2, -0.15) is 0 Å². The summed E-state index contributed by atoms with van der Waals surface area (Å²) in [5, 5.41) is 7.24. The molecule has 0 aliphatic carbocycles. The first kappa shape index (κ1) is 34.6. The van der Waals surface area contributed by atoms with E-state index in [1.807, 2.05) is 6.92 Å². The van der Waals surface area contributed by atoms with Gasteiger partial charge in [-0.1, -0.05) is 59.0 Å². The largest absolute Gasteiger partial charge is 0.464 e. The summed E-state index contributed by atoms with van der Waals surface area (Å²) in [6, 6.07) is 0. The fourth-order valence-corrected chi connectivity index (χ4v) is 6.03. The van der Waals surface area contributed by atoms with Crippen LogP contribution in [-0.2, 0) is 30.0 Å². The van der Waals surface area contributed by atoms with Crippen LogP contribution < -0.4 is 10.8 Å². The van der Waals surface area contributed by atoms with Gasteiger partial charge in [-0.15, -0.1) is 0 Å². The van der Waals surface area contributed by atoms with E-state index in [1.54, 1.807) is 24.7 Å². The highest BCUT2D eigenvalue weighted by Crippen LogP contribution is 2.46. The normalized spacial score (nSPS) is 14.3. The molecular formula is C28H50N7O5P. The van der Waals surface area contributed by atoms with Crippen LogP contribution >= 0.6 is 7.52 Å². The molecule has 12 nitrogen and oxygen atoms in total. The molecule has 0 amide bonds. The number of unbranched alkanes of at least 4 members (excludes halogenated alkanes) is 3. The summed E-state index contributed by atoms with van der Waals surface area (Å²) in [5.74, 6) is 0.477. The number of aromatic nitrogens is 4. The van der Waals surface area contributed by atoms with E-state index in [1.165, 1.54) is 6.33 Å². The van der Waals surface area contributed by atoms with Crippen molar-refractivity contribution in [2.75, 3.05) is 18.7 Å². The van der Waals surface area contributed by atoms with Gasteiger partial charge in [0, 0.05) is 0 Å². The van der Waals surface area contributed by atoms with E-state index in [0.29, 0.717) is 54.8 Å². The molecule has 2 atom stereocenters. The minimum atomic E-state index is -3.82. The van der Waals surface area contributed by atoms with Crippen molar-refractivity contribution in [3.63, 3.8) is 0 Å². The number of anilines is 1. The topological polar surface area (TPSA) is 156 Å². The van der Waals surface area contributed by atoms with E-state index in [4.69, 9.17) is 19.8 Å². The molecule has 0 radical (unpaired) electrons. The quantitative estimate of drug-likeness (QED) is 0.0657. The molecule has 0 aliphatic rings. The van der Waals surface area contributed by atoms with Gasteiger partial charge in [-0.25, -0.2) is 20.0 Å². The molecule has 0 bridgehead atoms. The van der Waals surface area contributed by atoms with Crippen molar-refractivity contribution >= 4 is 36.2 Å². The zero-order chi connectivity index (χ0) is 30.6. The molecule has 13 heteroatoms. The van der Waals surface area contributed by atoms with Crippen LogP contribution in [0.4, 0.5) is 5.82 Å². The number of oxime groups is 1. The Morgan fingerprint density at radius 1 is 1.10 bits per heavy atom. The number of ether oxygens (including phenoxy) is 2. The summed E-state index contributed by atoms with van der Waals surface area (Å²) in [5.41, 5.74) is 6.49. The number of nitrogens with zero attached hydrogens (tertiary/aromatic N) is 5. The molecule has 232 valence electrons. The van der Waals surface area contributed by atoms with Crippen molar-refractivity contribution in [1.29, 1.82) is 0 Å². The third-order valence-electron chi connectivity index (χ3n) is 6.19. The van der Waals surface area contributed by atoms with Crippen molar-refractivity contribution in [2.45, 2.75) is 112 Å². The first-order valence-electron chi connectivity index (χ1n) is 14.6. The highest BCUT2D eigenvalue weighted by molar-refractivity contribution is 7.56. The predicted octanol–water partition coefficient (Wildman–Crippen LogP) is 5.92. The highest BCUT2D eigenvalue weighted by Gasteiger charge is 2.40. The molecule has 0 aliphatic heterocycles. The first-order chi connectivity index (χ1) is 19.3. The van der Waals surface area contributed by atoms with Gasteiger partial charge >= 0.3 is 13.5 Å². The van der Waals surface area contributed by atoms with E-state index in [-0.39, 0.29) is 6.35 Å². The Hall–Kier alpha value is -2.56. The van der Waals surface area contributed by atoms with Crippen LogP contribution in [0, 0.1) is 11.8 Å². The number of rotatable bonds is 19. The van der Waals surface area contributed by atoms with Crippen molar-refractivity contribution in [1.82, 2.24) is 24.6 Å². The van der Waals surface area contributed by atoms with Gasteiger partial charge in [0.2, 0.25) is 0 Å². The molecular weight excluding hydrogens is 545 g/mol. The van der Waals surface area contributed by atoms with Crippen LogP contribution in [0.15, 0.2) is 17.8 Å². The molecule has 0 fully saturated rings. The summed E-state index contributed by atoms with van der Waals surface area (Å²) >= 11 is 0. The number of fused-ring (bicyclic) bond motifs is 1. The Bertz CT molecular complexity index is 1170. The average molecular weight is 596 g/mol. The maximum Gasteiger partial charge on any atom is 0.365 e. The lowest BCUT2D eigenvalue weighted by atomic mass is 9.99. The van der Waals surface area contributed by atoms with Gasteiger partial charge in [0.05, 0.1) is 31.3 Å². The van der Waals surface area contributed by atoms with E-state index in [0.717, 1.165) is 31.4 Å². The minimum Gasteiger partial charge on any atom is -0.464 e. The first-order valence-corrected chi connectivity index (χ1v) is 16.4. The summed E-state index contributed by atoms with van der Waals surface area (Å²) in [7, 11) is -3.82. The summed E-state index contributed by atoms with van der Waals surface area (Å²) < 4.78 is 33.2. The average Bonchev–Trinajstić information content (AvgIpc) is 3.29. The standard InChI is InChI=1S/C28H50N7O5P/c1-9-10-11-12-13-38-27(36)28(7,8)34-41(37,40-33-23(14-20(2)3)15-21(4)5)19-39-22(6)16-35-18-32-24-25(29)30-17-31-26(24)35/h17-18,20-22H,9-16,19H2,1-8H3,(H,34,37)(H2,29,30,31)/t22-,41+/m1/s1. The molecule has 0 aromatic carbocycles. The number of carbonyl (C=O) groups excluding carboxylic acids is 1. The van der Waals surface area contributed by atoms with Gasteiger partial charge in [0.1, 0.15) is 23.7 Å². The van der Waals surface area contributed by atoms with Crippen molar-refractivity contribution in [3.8, 4) is 0 Å². The van der Waals surface area contributed by atoms with Crippen LogP contribution in [0.3, 0.4) is 0 Å². The third-order valence-corrected chi connectivity index (χ3v) is 7.93. The van der Waals surface area contributed by atoms with Crippen LogP contribution in [0.2, 0.25) is 0 Å². The Morgan fingerprint density at radius 3 is 2.41 bits per heavy atom. The number of nitrogens with one attached hydrogen (secondary N) is 1. The number of hydrogen-bond acceptors (Lipinski definition) is 10. The molecule has 0 spiro atoms.